The zero-order valence-electron chi connectivity index (χ0n) is 16.2. The molecule has 6 nitrogen and oxygen atoms in total. The van der Waals surface area contributed by atoms with Crippen LogP contribution in [0.25, 0.3) is 21.9 Å². The van der Waals surface area contributed by atoms with E-state index in [9.17, 15) is 9.59 Å². The topological polar surface area (TPSA) is 77.8 Å². The third kappa shape index (κ3) is 3.69. The molecule has 4 rings (SSSR count). The number of para-hydroxylation sites is 1. The molecule has 7 heteroatoms. The van der Waals surface area contributed by atoms with E-state index in [0.29, 0.717) is 22.6 Å². The van der Waals surface area contributed by atoms with Crippen molar-refractivity contribution in [2.75, 3.05) is 19.0 Å². The Balaban J connectivity index is 1.52. The Morgan fingerprint density at radius 1 is 1.07 bits per heavy atom. The molecule has 0 spiro atoms. The van der Waals surface area contributed by atoms with E-state index in [0.717, 1.165) is 26.1 Å². The number of hydrogen-bond donors (Lipinski definition) is 1. The second-order valence-corrected chi connectivity index (χ2v) is 8.06. The Hall–Kier alpha value is -3.32. The van der Waals surface area contributed by atoms with Gasteiger partial charge in [-0.3, -0.25) is 4.79 Å². The second kappa shape index (κ2) is 7.60. The number of rotatable bonds is 5. The molecule has 0 bridgehead atoms. The lowest BCUT2D eigenvalue weighted by Gasteiger charge is -2.10. The SMILES string of the molecule is COc1cc2c(cc1NC(=O)COC(=O)c1cc(C)sc1C)oc1ccccc12. The molecule has 148 valence electrons. The van der Waals surface area contributed by atoms with Gasteiger partial charge in [-0.25, -0.2) is 4.79 Å². The molecule has 0 saturated carbocycles. The summed E-state index contributed by atoms with van der Waals surface area (Å²) in [6.45, 7) is 3.37. The number of carbonyl (C=O) groups excluding carboxylic acids is 2. The van der Waals surface area contributed by atoms with Crippen molar-refractivity contribution < 1.29 is 23.5 Å². The number of nitrogens with one attached hydrogen (secondary N) is 1. The number of ether oxygens (including phenoxy) is 2. The number of anilines is 1. The summed E-state index contributed by atoms with van der Waals surface area (Å²) in [7, 11) is 1.53. The van der Waals surface area contributed by atoms with E-state index in [4.69, 9.17) is 13.9 Å². The second-order valence-electron chi connectivity index (χ2n) is 6.60. The molecule has 2 heterocycles. The smallest absolute Gasteiger partial charge is 0.339 e. The standard InChI is InChI=1S/C22H19NO5S/c1-12-8-15(13(2)29-12)22(25)27-11-21(24)23-17-10-19-16(9-20(17)26-3)14-6-4-5-7-18(14)28-19/h4-10H,11H2,1-3H3,(H,23,24). The maximum Gasteiger partial charge on any atom is 0.339 e. The van der Waals surface area contributed by atoms with Crippen molar-refractivity contribution in [2.24, 2.45) is 0 Å². The van der Waals surface area contributed by atoms with Gasteiger partial charge in [0, 0.05) is 26.6 Å². The summed E-state index contributed by atoms with van der Waals surface area (Å²) in [6.07, 6.45) is 0. The predicted octanol–water partition coefficient (Wildman–Crippen LogP) is 5.07. The number of esters is 1. The number of carbonyl (C=O) groups is 2. The fraction of sp³-hybridized carbons (Fsp3) is 0.182. The quantitative estimate of drug-likeness (QED) is 0.466. The first-order valence-corrected chi connectivity index (χ1v) is 9.81. The van der Waals surface area contributed by atoms with Crippen molar-refractivity contribution in [3.05, 3.63) is 57.8 Å². The number of methoxy groups -OCH3 is 1. The van der Waals surface area contributed by atoms with Crippen molar-refractivity contribution in [3.8, 4) is 5.75 Å². The summed E-state index contributed by atoms with van der Waals surface area (Å²) < 4.78 is 16.4. The zero-order valence-corrected chi connectivity index (χ0v) is 17.0. The van der Waals surface area contributed by atoms with Gasteiger partial charge in [-0.1, -0.05) is 18.2 Å². The van der Waals surface area contributed by atoms with Crippen molar-refractivity contribution in [1.82, 2.24) is 0 Å². The number of aryl methyl sites for hydroxylation is 2. The van der Waals surface area contributed by atoms with Gasteiger partial charge in [0.2, 0.25) is 0 Å². The summed E-state index contributed by atoms with van der Waals surface area (Å²) >= 11 is 1.51. The van der Waals surface area contributed by atoms with Gasteiger partial charge in [0.05, 0.1) is 18.4 Å². The van der Waals surface area contributed by atoms with Gasteiger partial charge in [-0.15, -0.1) is 11.3 Å². The van der Waals surface area contributed by atoms with Crippen molar-refractivity contribution in [1.29, 1.82) is 0 Å². The Bertz CT molecular complexity index is 1240. The molecule has 0 aliphatic carbocycles. The van der Waals surface area contributed by atoms with Crippen LogP contribution in [-0.4, -0.2) is 25.6 Å². The Morgan fingerprint density at radius 2 is 1.86 bits per heavy atom. The van der Waals surface area contributed by atoms with Crippen molar-refractivity contribution >= 4 is 50.8 Å². The third-order valence-electron chi connectivity index (χ3n) is 4.57. The number of hydrogen-bond acceptors (Lipinski definition) is 6. The summed E-state index contributed by atoms with van der Waals surface area (Å²) in [5.74, 6) is -0.480. The van der Waals surface area contributed by atoms with Gasteiger partial charge in [-0.2, -0.15) is 0 Å². The molecule has 0 atom stereocenters. The predicted molar refractivity (Wildman–Crippen MR) is 113 cm³/mol. The number of benzene rings is 2. The molecular formula is C22H19NO5S. The molecule has 1 N–H and O–H groups in total. The minimum absolute atomic E-state index is 0.394. The largest absolute Gasteiger partial charge is 0.495 e. The van der Waals surface area contributed by atoms with E-state index in [1.54, 1.807) is 12.1 Å². The zero-order chi connectivity index (χ0) is 20.5. The number of thiophene rings is 1. The van der Waals surface area contributed by atoms with Crippen LogP contribution in [0.15, 0.2) is 46.9 Å². The molecule has 0 aliphatic rings. The van der Waals surface area contributed by atoms with Gasteiger partial charge in [0.15, 0.2) is 6.61 Å². The molecule has 0 fully saturated rings. The average Bonchev–Trinajstić information content (AvgIpc) is 3.23. The highest BCUT2D eigenvalue weighted by atomic mass is 32.1. The molecular weight excluding hydrogens is 390 g/mol. The highest BCUT2D eigenvalue weighted by molar-refractivity contribution is 7.12. The number of amides is 1. The molecule has 2 aromatic carbocycles. The van der Waals surface area contributed by atoms with Gasteiger partial charge < -0.3 is 19.2 Å². The lowest BCUT2D eigenvalue weighted by Crippen LogP contribution is -2.21. The van der Waals surface area contributed by atoms with Crippen LogP contribution in [0.1, 0.15) is 20.1 Å². The van der Waals surface area contributed by atoms with E-state index in [-0.39, 0.29) is 0 Å². The Kier molecular flexibility index (Phi) is 4.98. The summed E-state index contributed by atoms with van der Waals surface area (Å²) in [4.78, 5) is 26.4. The first kappa shape index (κ1) is 19.0. The molecule has 0 radical (unpaired) electrons. The van der Waals surface area contributed by atoms with E-state index in [2.05, 4.69) is 5.32 Å². The highest BCUT2D eigenvalue weighted by Gasteiger charge is 2.17. The molecule has 29 heavy (non-hydrogen) atoms. The van der Waals surface area contributed by atoms with Crippen molar-refractivity contribution in [3.63, 3.8) is 0 Å². The molecule has 4 aromatic rings. The first-order chi connectivity index (χ1) is 14.0. The van der Waals surface area contributed by atoms with Crippen molar-refractivity contribution in [2.45, 2.75) is 13.8 Å². The van der Waals surface area contributed by atoms with Crippen LogP contribution in [-0.2, 0) is 9.53 Å². The number of fused-ring (bicyclic) bond motifs is 3. The van der Waals surface area contributed by atoms with E-state index in [1.807, 2.05) is 44.2 Å². The highest BCUT2D eigenvalue weighted by Crippen LogP contribution is 2.36. The average molecular weight is 409 g/mol. The van der Waals surface area contributed by atoms with Crippen LogP contribution in [0.2, 0.25) is 0 Å². The first-order valence-electron chi connectivity index (χ1n) is 8.99. The van der Waals surface area contributed by atoms with Crippen LogP contribution in [0, 0.1) is 13.8 Å². The molecule has 1 amide bonds. The van der Waals surface area contributed by atoms with Crippen LogP contribution in [0.5, 0.6) is 5.75 Å². The fourth-order valence-electron chi connectivity index (χ4n) is 3.25. The Labute approximate surface area is 171 Å². The lowest BCUT2D eigenvalue weighted by atomic mass is 10.1. The molecule has 2 aromatic heterocycles. The maximum absolute atomic E-state index is 12.3. The molecule has 0 aliphatic heterocycles. The fourth-order valence-corrected chi connectivity index (χ4v) is 4.16. The van der Waals surface area contributed by atoms with Crippen LogP contribution >= 0.6 is 11.3 Å². The van der Waals surface area contributed by atoms with Gasteiger partial charge >= 0.3 is 5.97 Å². The van der Waals surface area contributed by atoms with Crippen LogP contribution < -0.4 is 10.1 Å². The monoisotopic (exact) mass is 409 g/mol. The van der Waals surface area contributed by atoms with E-state index < -0.39 is 18.5 Å². The summed E-state index contributed by atoms with van der Waals surface area (Å²) in [6, 6.07) is 13.0. The summed E-state index contributed by atoms with van der Waals surface area (Å²) in [5.41, 5.74) is 2.32. The van der Waals surface area contributed by atoms with Gasteiger partial charge in [0.1, 0.15) is 16.9 Å². The third-order valence-corrected chi connectivity index (χ3v) is 5.53. The summed E-state index contributed by atoms with van der Waals surface area (Å²) in [5, 5.41) is 4.59. The minimum atomic E-state index is -0.512. The minimum Gasteiger partial charge on any atom is -0.495 e. The normalized spacial score (nSPS) is 11.0. The van der Waals surface area contributed by atoms with Gasteiger partial charge in [0.25, 0.3) is 5.91 Å². The van der Waals surface area contributed by atoms with E-state index in [1.165, 1.54) is 18.4 Å². The van der Waals surface area contributed by atoms with Crippen LogP contribution in [0.4, 0.5) is 5.69 Å². The molecule has 0 unspecified atom stereocenters. The Morgan fingerprint density at radius 3 is 2.59 bits per heavy atom. The van der Waals surface area contributed by atoms with Gasteiger partial charge in [-0.05, 0) is 32.0 Å². The maximum atomic E-state index is 12.3. The lowest BCUT2D eigenvalue weighted by molar-refractivity contribution is -0.119. The number of furan rings is 1. The van der Waals surface area contributed by atoms with E-state index >= 15 is 0 Å². The van der Waals surface area contributed by atoms with Crippen LogP contribution in [0.3, 0.4) is 0 Å². The molecule has 0 saturated heterocycles.